The molecule has 3 aromatic rings. The molecular weight excluding hydrogens is 344 g/mol. The molecule has 136 valence electrons. The lowest BCUT2D eigenvalue weighted by molar-refractivity contribution is 0.403. The van der Waals surface area contributed by atoms with Gasteiger partial charge in [0, 0.05) is 23.6 Å². The molecule has 0 spiro atoms. The lowest BCUT2D eigenvalue weighted by atomic mass is 10.1. The predicted molar refractivity (Wildman–Crippen MR) is 105 cm³/mol. The zero-order chi connectivity index (χ0) is 19.4. The Hall–Kier alpha value is -3.80. The Morgan fingerprint density at radius 1 is 0.667 bits per heavy atom. The van der Waals surface area contributed by atoms with Crippen LogP contribution < -0.4 is 0 Å². The lowest BCUT2D eigenvalue weighted by Crippen LogP contribution is -1.84. The molecule has 6 heteroatoms. The van der Waals surface area contributed by atoms with E-state index in [9.17, 15) is 20.4 Å². The van der Waals surface area contributed by atoms with Gasteiger partial charge in [-0.25, -0.2) is 0 Å². The molecule has 0 bridgehead atoms. The predicted octanol–water partition coefficient (Wildman–Crippen LogP) is 4.32. The molecule has 0 radical (unpaired) electrons. The van der Waals surface area contributed by atoms with E-state index >= 15 is 0 Å². The van der Waals surface area contributed by atoms with Gasteiger partial charge in [0.1, 0.15) is 0 Å². The summed E-state index contributed by atoms with van der Waals surface area (Å²) in [7, 11) is 0. The highest BCUT2D eigenvalue weighted by molar-refractivity contribution is 5.90. The van der Waals surface area contributed by atoms with E-state index in [0.29, 0.717) is 22.5 Å². The molecular formula is C21H18N2O4. The van der Waals surface area contributed by atoms with Gasteiger partial charge in [0.05, 0.1) is 11.4 Å². The van der Waals surface area contributed by atoms with Crippen LogP contribution in [0.5, 0.6) is 23.0 Å². The Morgan fingerprint density at radius 2 is 1.19 bits per heavy atom. The molecule has 0 aliphatic heterocycles. The van der Waals surface area contributed by atoms with Crippen molar-refractivity contribution in [2.24, 2.45) is 9.98 Å². The fourth-order valence-corrected chi connectivity index (χ4v) is 2.43. The second-order valence-electron chi connectivity index (χ2n) is 5.94. The number of aliphatic imine (C=N–C) groups is 2. The van der Waals surface area contributed by atoms with Gasteiger partial charge in [0.2, 0.25) is 0 Å². The average molecular weight is 362 g/mol. The van der Waals surface area contributed by atoms with Crippen LogP contribution in [0.4, 0.5) is 11.4 Å². The molecule has 0 aliphatic carbocycles. The molecule has 0 amide bonds. The highest BCUT2D eigenvalue weighted by Gasteiger charge is 2.06. The number of para-hydroxylation sites is 2. The minimum absolute atomic E-state index is 0.221. The zero-order valence-electron chi connectivity index (χ0n) is 14.5. The summed E-state index contributed by atoms with van der Waals surface area (Å²) < 4.78 is 0. The highest BCUT2D eigenvalue weighted by atomic mass is 16.3. The number of aromatic hydroxyl groups is 4. The van der Waals surface area contributed by atoms with E-state index in [4.69, 9.17) is 0 Å². The molecule has 6 nitrogen and oxygen atoms in total. The maximum atomic E-state index is 9.89. The smallest absolute Gasteiger partial charge is 0.166 e. The summed E-state index contributed by atoms with van der Waals surface area (Å²) in [6.45, 7) is 1.92. The fraction of sp³-hybridized carbons (Fsp3) is 0.0476. The van der Waals surface area contributed by atoms with Gasteiger partial charge < -0.3 is 20.4 Å². The van der Waals surface area contributed by atoms with Crippen molar-refractivity contribution >= 4 is 23.8 Å². The van der Waals surface area contributed by atoms with E-state index < -0.39 is 0 Å². The normalized spacial score (nSPS) is 11.4. The van der Waals surface area contributed by atoms with Crippen molar-refractivity contribution in [3.05, 3.63) is 71.3 Å². The van der Waals surface area contributed by atoms with E-state index in [0.717, 1.165) is 5.56 Å². The van der Waals surface area contributed by atoms with Gasteiger partial charge in [0.15, 0.2) is 23.0 Å². The molecule has 0 saturated heterocycles. The maximum absolute atomic E-state index is 9.89. The van der Waals surface area contributed by atoms with Gasteiger partial charge in [-0.05, 0) is 48.9 Å². The Balaban J connectivity index is 1.96. The molecule has 0 fully saturated rings. The van der Waals surface area contributed by atoms with Crippen LogP contribution in [-0.4, -0.2) is 32.9 Å². The summed E-state index contributed by atoms with van der Waals surface area (Å²) in [6.07, 6.45) is 2.87. The maximum Gasteiger partial charge on any atom is 0.166 e. The first-order chi connectivity index (χ1) is 13.0. The Labute approximate surface area is 156 Å². The van der Waals surface area contributed by atoms with Crippen molar-refractivity contribution in [1.82, 2.24) is 0 Å². The van der Waals surface area contributed by atoms with Crippen LogP contribution in [-0.2, 0) is 0 Å². The first kappa shape index (κ1) is 18.0. The number of phenolic OH excluding ortho intramolecular Hbond substituents is 4. The van der Waals surface area contributed by atoms with Crippen molar-refractivity contribution in [1.29, 1.82) is 0 Å². The molecule has 27 heavy (non-hydrogen) atoms. The fourth-order valence-electron chi connectivity index (χ4n) is 2.43. The standard InChI is InChI=1S/C21H18N2O4/c1-13-8-9-16(22-11-14-4-2-6-18(24)20(14)26)17(10-13)23-12-15-5-3-7-19(25)21(15)27/h2-12,24-27H,1H3. The molecule has 4 N–H and O–H groups in total. The Bertz CT molecular complexity index is 1040. The van der Waals surface area contributed by atoms with Gasteiger partial charge in [-0.15, -0.1) is 0 Å². The van der Waals surface area contributed by atoms with Crippen LogP contribution in [0.2, 0.25) is 0 Å². The number of hydrogen-bond donors (Lipinski definition) is 4. The van der Waals surface area contributed by atoms with Crippen molar-refractivity contribution < 1.29 is 20.4 Å². The van der Waals surface area contributed by atoms with E-state index in [-0.39, 0.29) is 23.0 Å². The average Bonchev–Trinajstić information content (AvgIpc) is 2.65. The third kappa shape index (κ3) is 4.07. The summed E-state index contributed by atoms with van der Waals surface area (Å²) in [6, 6.07) is 14.7. The van der Waals surface area contributed by atoms with E-state index in [2.05, 4.69) is 9.98 Å². The number of aryl methyl sites for hydroxylation is 1. The number of phenols is 4. The molecule has 3 rings (SSSR count). The molecule has 0 atom stereocenters. The summed E-state index contributed by atoms with van der Waals surface area (Å²) in [4.78, 5) is 8.72. The molecule has 0 unspecified atom stereocenters. The summed E-state index contributed by atoms with van der Waals surface area (Å²) in [5, 5.41) is 38.9. The van der Waals surface area contributed by atoms with Crippen LogP contribution in [0, 0.1) is 6.92 Å². The van der Waals surface area contributed by atoms with E-state index in [1.165, 1.54) is 24.6 Å². The highest BCUT2D eigenvalue weighted by Crippen LogP contribution is 2.32. The van der Waals surface area contributed by atoms with Crippen molar-refractivity contribution in [2.45, 2.75) is 6.92 Å². The van der Waals surface area contributed by atoms with Crippen LogP contribution in [0.3, 0.4) is 0 Å². The van der Waals surface area contributed by atoms with Gasteiger partial charge >= 0.3 is 0 Å². The minimum Gasteiger partial charge on any atom is -0.504 e. The van der Waals surface area contributed by atoms with Gasteiger partial charge in [0.25, 0.3) is 0 Å². The quantitative estimate of drug-likeness (QED) is 0.410. The zero-order valence-corrected chi connectivity index (χ0v) is 14.5. The van der Waals surface area contributed by atoms with Crippen LogP contribution in [0.25, 0.3) is 0 Å². The van der Waals surface area contributed by atoms with E-state index in [1.807, 2.05) is 19.1 Å². The minimum atomic E-state index is -0.247. The summed E-state index contributed by atoms with van der Waals surface area (Å²) in [5.74, 6) is -0.937. The van der Waals surface area contributed by atoms with Gasteiger partial charge in [-0.2, -0.15) is 0 Å². The largest absolute Gasteiger partial charge is 0.504 e. The molecule has 0 aliphatic rings. The molecule has 0 heterocycles. The first-order valence-corrected chi connectivity index (χ1v) is 8.16. The van der Waals surface area contributed by atoms with Crippen LogP contribution >= 0.6 is 0 Å². The van der Waals surface area contributed by atoms with Gasteiger partial charge in [-0.1, -0.05) is 18.2 Å². The van der Waals surface area contributed by atoms with Crippen molar-refractivity contribution in [3.8, 4) is 23.0 Å². The van der Waals surface area contributed by atoms with Crippen molar-refractivity contribution in [3.63, 3.8) is 0 Å². The second-order valence-corrected chi connectivity index (χ2v) is 5.94. The third-order valence-corrected chi connectivity index (χ3v) is 3.91. The first-order valence-electron chi connectivity index (χ1n) is 8.16. The monoisotopic (exact) mass is 362 g/mol. The molecule has 3 aromatic carbocycles. The van der Waals surface area contributed by atoms with Crippen molar-refractivity contribution in [2.75, 3.05) is 0 Å². The molecule has 0 saturated carbocycles. The summed E-state index contributed by atoms with van der Waals surface area (Å²) in [5.41, 5.74) is 2.81. The SMILES string of the molecule is Cc1ccc(N=Cc2cccc(O)c2O)c(N=Cc2cccc(O)c2O)c1. The summed E-state index contributed by atoms with van der Waals surface area (Å²) >= 11 is 0. The van der Waals surface area contributed by atoms with E-state index in [1.54, 1.807) is 30.3 Å². The number of benzene rings is 3. The number of hydrogen-bond acceptors (Lipinski definition) is 6. The van der Waals surface area contributed by atoms with Gasteiger partial charge in [-0.3, -0.25) is 9.98 Å². The topological polar surface area (TPSA) is 106 Å². The number of rotatable bonds is 4. The second kappa shape index (κ2) is 7.61. The Morgan fingerprint density at radius 3 is 1.74 bits per heavy atom. The van der Waals surface area contributed by atoms with Crippen LogP contribution in [0.1, 0.15) is 16.7 Å². The third-order valence-electron chi connectivity index (χ3n) is 3.91. The Kier molecular flexibility index (Phi) is 5.08. The number of nitrogens with zero attached hydrogens (tertiary/aromatic N) is 2. The van der Waals surface area contributed by atoms with Crippen LogP contribution in [0.15, 0.2) is 64.6 Å². The lowest BCUT2D eigenvalue weighted by Gasteiger charge is -2.04. The molecule has 0 aromatic heterocycles.